The summed E-state index contributed by atoms with van der Waals surface area (Å²) in [4.78, 5) is 14.9. The number of benzene rings is 1. The number of hydrogen-bond donors (Lipinski definition) is 1. The molecule has 0 spiro atoms. The van der Waals surface area contributed by atoms with Crippen LogP contribution in [0.1, 0.15) is 44.9 Å². The Bertz CT molecular complexity index is 949. The number of aliphatic hydroxyl groups excluding tert-OH is 1. The Hall–Kier alpha value is -1.19. The zero-order chi connectivity index (χ0) is 21.8. The van der Waals surface area contributed by atoms with Crippen molar-refractivity contribution in [3.05, 3.63) is 29.3 Å². The number of hydrogen-bond acceptors (Lipinski definition) is 5. The molecular formula is C22H29ClN2O5S. The molecule has 4 atom stereocenters. The number of aliphatic hydroxyl groups is 1. The maximum Gasteiger partial charge on any atom is 0.243 e. The quantitative estimate of drug-likeness (QED) is 0.717. The summed E-state index contributed by atoms with van der Waals surface area (Å²) in [5.41, 5.74) is -0.391. The van der Waals surface area contributed by atoms with Gasteiger partial charge in [-0.25, -0.2) is 8.42 Å². The minimum Gasteiger partial charge on any atom is -0.391 e. The van der Waals surface area contributed by atoms with Crippen molar-refractivity contribution in [3.8, 4) is 0 Å². The molecule has 2 saturated heterocycles. The smallest absolute Gasteiger partial charge is 0.243 e. The molecule has 2 aliphatic carbocycles. The molecule has 2 saturated carbocycles. The normalized spacial score (nSPS) is 32.8. The minimum atomic E-state index is -3.76. The van der Waals surface area contributed by atoms with Gasteiger partial charge in [0.25, 0.3) is 0 Å². The van der Waals surface area contributed by atoms with E-state index in [-0.39, 0.29) is 29.0 Å². The summed E-state index contributed by atoms with van der Waals surface area (Å²) < 4.78 is 35.5. The van der Waals surface area contributed by atoms with Crippen molar-refractivity contribution in [1.82, 2.24) is 9.21 Å². The molecular weight excluding hydrogens is 440 g/mol. The van der Waals surface area contributed by atoms with Gasteiger partial charge in [-0.2, -0.15) is 4.31 Å². The zero-order valence-electron chi connectivity index (χ0n) is 17.5. The van der Waals surface area contributed by atoms with E-state index in [4.69, 9.17) is 16.3 Å². The first kappa shape index (κ1) is 21.6. The fourth-order valence-electron chi connectivity index (χ4n) is 5.60. The molecule has 0 bridgehead atoms. The highest BCUT2D eigenvalue weighted by Gasteiger charge is 2.60. The van der Waals surface area contributed by atoms with E-state index < -0.39 is 21.5 Å². The number of carbonyl (C=O) groups excluding carboxylic acids is 1. The van der Waals surface area contributed by atoms with E-state index in [1.54, 1.807) is 33.5 Å². The standard InChI is InChI=1S/C22H29ClN2O5S/c23-15-4-6-17(7-5-15)31(28,29)25-18-2-1-3-19(18)30-14-20(25)22(9-10-22)12-21(27)24-11-8-16(26)13-24/h4-7,16,18-20,26H,1-3,8-14H2/t16-,18-,19+,20-/m1/s1. The van der Waals surface area contributed by atoms with Gasteiger partial charge in [0, 0.05) is 24.5 Å². The molecule has 7 nitrogen and oxygen atoms in total. The second-order valence-electron chi connectivity index (χ2n) is 9.50. The average Bonchev–Trinajstić information content (AvgIpc) is 3.14. The second-order valence-corrected chi connectivity index (χ2v) is 11.8. The number of carbonyl (C=O) groups is 1. The molecule has 4 aliphatic rings. The lowest BCUT2D eigenvalue weighted by Crippen LogP contribution is -2.60. The maximum atomic E-state index is 13.8. The molecule has 1 aromatic carbocycles. The van der Waals surface area contributed by atoms with Gasteiger partial charge in [0.15, 0.2) is 0 Å². The van der Waals surface area contributed by atoms with Crippen molar-refractivity contribution < 1.29 is 23.1 Å². The number of ether oxygens (including phenoxy) is 1. The summed E-state index contributed by atoms with van der Waals surface area (Å²) in [6.45, 7) is 1.26. The molecule has 2 heterocycles. The highest BCUT2D eigenvalue weighted by Crippen LogP contribution is 2.57. The van der Waals surface area contributed by atoms with Crippen molar-refractivity contribution in [2.24, 2.45) is 5.41 Å². The summed E-state index contributed by atoms with van der Waals surface area (Å²) in [5, 5.41) is 10.3. The molecule has 0 aromatic heterocycles. The van der Waals surface area contributed by atoms with Gasteiger partial charge in [-0.05, 0) is 68.2 Å². The first-order valence-corrected chi connectivity index (χ1v) is 13.0. The third kappa shape index (κ3) is 3.91. The van der Waals surface area contributed by atoms with Crippen LogP contribution in [0.3, 0.4) is 0 Å². The topological polar surface area (TPSA) is 87.2 Å². The summed E-state index contributed by atoms with van der Waals surface area (Å²) in [6.07, 6.45) is 4.56. The first-order chi connectivity index (χ1) is 14.8. The fraction of sp³-hybridized carbons (Fsp3) is 0.682. The summed E-state index contributed by atoms with van der Waals surface area (Å²) in [5.74, 6) is 0.00596. The first-order valence-electron chi connectivity index (χ1n) is 11.2. The number of fused-ring (bicyclic) bond motifs is 1. The van der Waals surface area contributed by atoms with E-state index in [9.17, 15) is 18.3 Å². The van der Waals surface area contributed by atoms with Gasteiger partial charge in [0.2, 0.25) is 15.9 Å². The molecule has 4 fully saturated rings. The number of halogens is 1. The average molecular weight is 469 g/mol. The van der Waals surface area contributed by atoms with E-state index in [1.807, 2.05) is 0 Å². The van der Waals surface area contributed by atoms with Crippen molar-refractivity contribution in [2.45, 2.75) is 74.1 Å². The van der Waals surface area contributed by atoms with Crippen molar-refractivity contribution in [3.63, 3.8) is 0 Å². The van der Waals surface area contributed by atoms with E-state index >= 15 is 0 Å². The van der Waals surface area contributed by atoms with Crippen LogP contribution in [-0.2, 0) is 19.6 Å². The van der Waals surface area contributed by atoms with E-state index in [0.29, 0.717) is 37.6 Å². The predicted molar refractivity (Wildman–Crippen MR) is 115 cm³/mol. The lowest BCUT2D eigenvalue weighted by Gasteiger charge is -2.46. The van der Waals surface area contributed by atoms with Gasteiger partial charge in [-0.15, -0.1) is 0 Å². The van der Waals surface area contributed by atoms with Gasteiger partial charge < -0.3 is 14.7 Å². The van der Waals surface area contributed by atoms with Crippen LogP contribution in [0, 0.1) is 5.41 Å². The van der Waals surface area contributed by atoms with E-state index in [0.717, 1.165) is 32.1 Å². The molecule has 1 aromatic rings. The number of nitrogens with zero attached hydrogens (tertiary/aromatic N) is 2. The van der Waals surface area contributed by atoms with Crippen LogP contribution in [-0.4, -0.2) is 72.6 Å². The van der Waals surface area contributed by atoms with Crippen molar-refractivity contribution >= 4 is 27.5 Å². The number of morpholine rings is 1. The number of amides is 1. The van der Waals surface area contributed by atoms with Crippen molar-refractivity contribution in [2.75, 3.05) is 19.7 Å². The van der Waals surface area contributed by atoms with Crippen LogP contribution in [0.4, 0.5) is 0 Å². The van der Waals surface area contributed by atoms with Gasteiger partial charge in [-0.1, -0.05) is 11.6 Å². The number of β-amino-alcohol motifs (C(OH)–C–C–N with tert-alkyl or cyclic N) is 1. The molecule has 2 aliphatic heterocycles. The Morgan fingerprint density at radius 1 is 1.19 bits per heavy atom. The Labute approximate surface area is 188 Å². The van der Waals surface area contributed by atoms with Crippen molar-refractivity contribution in [1.29, 1.82) is 0 Å². The van der Waals surface area contributed by atoms with Crippen LogP contribution in [0.25, 0.3) is 0 Å². The summed E-state index contributed by atoms with van der Waals surface area (Å²) >= 11 is 5.99. The van der Waals surface area contributed by atoms with Crippen LogP contribution < -0.4 is 0 Å². The zero-order valence-corrected chi connectivity index (χ0v) is 19.0. The van der Waals surface area contributed by atoms with Gasteiger partial charge in [-0.3, -0.25) is 4.79 Å². The maximum absolute atomic E-state index is 13.8. The third-order valence-corrected chi connectivity index (χ3v) is 9.73. The molecule has 0 radical (unpaired) electrons. The molecule has 1 N–H and O–H groups in total. The summed E-state index contributed by atoms with van der Waals surface area (Å²) in [7, 11) is -3.76. The Morgan fingerprint density at radius 2 is 1.94 bits per heavy atom. The van der Waals surface area contributed by atoms with Gasteiger partial charge in [0.1, 0.15) is 0 Å². The fourth-order valence-corrected chi connectivity index (χ4v) is 7.67. The molecule has 9 heteroatoms. The third-order valence-electron chi connectivity index (χ3n) is 7.53. The largest absolute Gasteiger partial charge is 0.391 e. The lowest BCUT2D eigenvalue weighted by molar-refractivity contribution is -0.134. The minimum absolute atomic E-state index is 0.00596. The summed E-state index contributed by atoms with van der Waals surface area (Å²) in [6, 6.07) is 5.77. The second kappa shape index (κ2) is 7.99. The SMILES string of the molecule is O=C(CC1([C@H]2CO[C@H]3CCC[C@H]3N2S(=O)(=O)c2ccc(Cl)cc2)CC1)N1CC[C@@H](O)C1. The van der Waals surface area contributed by atoms with Crippen LogP contribution in [0.15, 0.2) is 29.2 Å². The monoisotopic (exact) mass is 468 g/mol. The molecule has 0 unspecified atom stereocenters. The highest BCUT2D eigenvalue weighted by atomic mass is 35.5. The number of sulfonamides is 1. The Balaban J connectivity index is 1.45. The highest BCUT2D eigenvalue weighted by molar-refractivity contribution is 7.89. The number of rotatable bonds is 5. The molecule has 170 valence electrons. The van der Waals surface area contributed by atoms with Gasteiger partial charge in [0.05, 0.1) is 35.8 Å². The molecule has 5 rings (SSSR count). The predicted octanol–water partition coefficient (Wildman–Crippen LogP) is 2.41. The lowest BCUT2D eigenvalue weighted by atomic mass is 9.90. The number of likely N-dealkylation sites (tertiary alicyclic amines) is 1. The van der Waals surface area contributed by atoms with Crippen LogP contribution >= 0.6 is 11.6 Å². The molecule has 1 amide bonds. The Morgan fingerprint density at radius 3 is 2.58 bits per heavy atom. The van der Waals surface area contributed by atoms with Gasteiger partial charge >= 0.3 is 0 Å². The Kier molecular flexibility index (Phi) is 5.58. The van der Waals surface area contributed by atoms with E-state index in [1.165, 1.54) is 0 Å². The molecule has 31 heavy (non-hydrogen) atoms. The van der Waals surface area contributed by atoms with E-state index in [2.05, 4.69) is 0 Å². The van der Waals surface area contributed by atoms with Crippen LogP contribution in [0.2, 0.25) is 5.02 Å². The van der Waals surface area contributed by atoms with Crippen LogP contribution in [0.5, 0.6) is 0 Å².